The molecule has 90 valence electrons. The molecule has 0 aliphatic carbocycles. The molecule has 5 heteroatoms. The Labute approximate surface area is 110 Å². The van der Waals surface area contributed by atoms with Crippen LogP contribution < -0.4 is 10.2 Å². The van der Waals surface area contributed by atoms with Crippen molar-refractivity contribution in [2.24, 2.45) is 0 Å². The van der Waals surface area contributed by atoms with Crippen LogP contribution in [0.4, 0.5) is 5.82 Å². The minimum absolute atomic E-state index is 0.0553. The molecule has 1 aliphatic rings. The lowest BCUT2D eigenvalue weighted by molar-refractivity contribution is 0.351. The standard InChI is InChI=1S/C12H15BrN4/c1-12(2)8-17(4-3-16-12)11-9(6-14)5-10(13)7-15-11/h5,7,16H,3-4,8H2,1-2H3. The van der Waals surface area contributed by atoms with E-state index in [0.717, 1.165) is 29.9 Å². The molecular formula is C12H15BrN4. The largest absolute Gasteiger partial charge is 0.352 e. The Morgan fingerprint density at radius 1 is 1.59 bits per heavy atom. The fraction of sp³-hybridized carbons (Fsp3) is 0.500. The number of hydrogen-bond donors (Lipinski definition) is 1. The average Bonchev–Trinajstić information content (AvgIpc) is 2.27. The third kappa shape index (κ3) is 2.76. The molecule has 1 aliphatic heterocycles. The third-order valence-corrected chi connectivity index (χ3v) is 3.26. The van der Waals surface area contributed by atoms with Crippen molar-refractivity contribution in [2.75, 3.05) is 24.5 Å². The van der Waals surface area contributed by atoms with E-state index in [1.54, 1.807) is 6.20 Å². The fourth-order valence-electron chi connectivity index (χ4n) is 2.09. The zero-order valence-corrected chi connectivity index (χ0v) is 11.6. The number of aromatic nitrogens is 1. The molecule has 0 aromatic carbocycles. The summed E-state index contributed by atoms with van der Waals surface area (Å²) in [6, 6.07) is 4.02. The number of piperazine rings is 1. The highest BCUT2D eigenvalue weighted by Gasteiger charge is 2.27. The molecule has 0 spiro atoms. The van der Waals surface area contributed by atoms with E-state index in [2.05, 4.69) is 51.0 Å². The van der Waals surface area contributed by atoms with E-state index in [-0.39, 0.29) is 5.54 Å². The second kappa shape index (κ2) is 4.63. The summed E-state index contributed by atoms with van der Waals surface area (Å²) in [4.78, 5) is 6.54. The maximum Gasteiger partial charge on any atom is 0.146 e. The van der Waals surface area contributed by atoms with Gasteiger partial charge >= 0.3 is 0 Å². The summed E-state index contributed by atoms with van der Waals surface area (Å²) in [5.74, 6) is 0.783. The second-order valence-electron chi connectivity index (χ2n) is 4.87. The molecule has 0 atom stereocenters. The second-order valence-corrected chi connectivity index (χ2v) is 5.78. The highest BCUT2D eigenvalue weighted by Crippen LogP contribution is 2.23. The van der Waals surface area contributed by atoms with Gasteiger partial charge < -0.3 is 10.2 Å². The first-order valence-corrected chi connectivity index (χ1v) is 6.37. The quantitative estimate of drug-likeness (QED) is 0.860. The summed E-state index contributed by atoms with van der Waals surface area (Å²) in [5, 5.41) is 12.6. The molecule has 0 unspecified atom stereocenters. The fourth-order valence-corrected chi connectivity index (χ4v) is 2.42. The van der Waals surface area contributed by atoms with Crippen LogP contribution in [0.3, 0.4) is 0 Å². The maximum absolute atomic E-state index is 9.15. The predicted molar refractivity (Wildman–Crippen MR) is 70.9 cm³/mol. The van der Waals surface area contributed by atoms with Gasteiger partial charge in [-0.15, -0.1) is 0 Å². The highest BCUT2D eigenvalue weighted by atomic mass is 79.9. The Kier molecular flexibility index (Phi) is 3.36. The molecule has 0 saturated carbocycles. The highest BCUT2D eigenvalue weighted by molar-refractivity contribution is 9.10. The van der Waals surface area contributed by atoms with Crippen LogP contribution in [-0.4, -0.2) is 30.2 Å². The summed E-state index contributed by atoms with van der Waals surface area (Å²) in [5.41, 5.74) is 0.678. The Bertz CT molecular complexity index is 464. The summed E-state index contributed by atoms with van der Waals surface area (Å²) in [7, 11) is 0. The topological polar surface area (TPSA) is 52.0 Å². The summed E-state index contributed by atoms with van der Waals surface area (Å²) in [6.45, 7) is 6.97. The Balaban J connectivity index is 2.31. The Hall–Kier alpha value is -1.12. The first-order valence-electron chi connectivity index (χ1n) is 5.57. The minimum Gasteiger partial charge on any atom is -0.352 e. The van der Waals surface area contributed by atoms with Gasteiger partial charge in [-0.3, -0.25) is 0 Å². The van der Waals surface area contributed by atoms with Crippen molar-refractivity contribution in [2.45, 2.75) is 19.4 Å². The minimum atomic E-state index is 0.0553. The van der Waals surface area contributed by atoms with Crippen LogP contribution in [0.1, 0.15) is 19.4 Å². The number of anilines is 1. The van der Waals surface area contributed by atoms with Gasteiger partial charge in [-0.1, -0.05) is 0 Å². The number of nitrogens with one attached hydrogen (secondary N) is 1. The maximum atomic E-state index is 9.15. The van der Waals surface area contributed by atoms with Gasteiger partial charge in [0.25, 0.3) is 0 Å². The van der Waals surface area contributed by atoms with E-state index in [4.69, 9.17) is 5.26 Å². The van der Waals surface area contributed by atoms with Gasteiger partial charge in [0.1, 0.15) is 11.9 Å². The normalized spacial score (nSPS) is 18.8. The smallest absolute Gasteiger partial charge is 0.146 e. The zero-order valence-electron chi connectivity index (χ0n) is 10.00. The van der Waals surface area contributed by atoms with E-state index in [1.807, 2.05) is 6.07 Å². The van der Waals surface area contributed by atoms with Crippen LogP contribution in [0, 0.1) is 11.3 Å². The molecule has 1 saturated heterocycles. The van der Waals surface area contributed by atoms with Crippen molar-refractivity contribution in [1.29, 1.82) is 5.26 Å². The number of hydrogen-bond acceptors (Lipinski definition) is 4. The molecule has 17 heavy (non-hydrogen) atoms. The first-order chi connectivity index (χ1) is 8.02. The number of pyridine rings is 1. The van der Waals surface area contributed by atoms with E-state index >= 15 is 0 Å². The monoisotopic (exact) mass is 294 g/mol. The van der Waals surface area contributed by atoms with Crippen LogP contribution in [0.25, 0.3) is 0 Å². The van der Waals surface area contributed by atoms with E-state index in [9.17, 15) is 0 Å². The van der Waals surface area contributed by atoms with Crippen LogP contribution in [0.5, 0.6) is 0 Å². The lowest BCUT2D eigenvalue weighted by Crippen LogP contribution is -2.57. The molecular weight excluding hydrogens is 280 g/mol. The number of halogens is 1. The van der Waals surface area contributed by atoms with Crippen molar-refractivity contribution in [3.63, 3.8) is 0 Å². The molecule has 4 nitrogen and oxygen atoms in total. The molecule has 1 N–H and O–H groups in total. The van der Waals surface area contributed by atoms with E-state index in [1.165, 1.54) is 0 Å². The zero-order chi connectivity index (χ0) is 12.5. The summed E-state index contributed by atoms with van der Waals surface area (Å²) < 4.78 is 0.840. The van der Waals surface area contributed by atoms with Crippen LogP contribution in [0.15, 0.2) is 16.7 Å². The SMILES string of the molecule is CC1(C)CN(c2ncc(Br)cc2C#N)CCN1. The van der Waals surface area contributed by atoms with Crippen molar-refractivity contribution in [3.8, 4) is 6.07 Å². The first kappa shape index (κ1) is 12.3. The lowest BCUT2D eigenvalue weighted by Gasteiger charge is -2.40. The molecule has 1 aromatic heterocycles. The van der Waals surface area contributed by atoms with Gasteiger partial charge in [0, 0.05) is 35.8 Å². The molecule has 1 aromatic rings. The van der Waals surface area contributed by atoms with E-state index < -0.39 is 0 Å². The van der Waals surface area contributed by atoms with Crippen LogP contribution in [-0.2, 0) is 0 Å². The van der Waals surface area contributed by atoms with Crippen molar-refractivity contribution >= 4 is 21.7 Å². The molecule has 0 bridgehead atoms. The van der Waals surface area contributed by atoms with Crippen LogP contribution in [0.2, 0.25) is 0 Å². The number of nitrogens with zero attached hydrogens (tertiary/aromatic N) is 3. The number of rotatable bonds is 1. The molecule has 0 amide bonds. The molecule has 2 rings (SSSR count). The Morgan fingerprint density at radius 2 is 2.35 bits per heavy atom. The Morgan fingerprint density at radius 3 is 3.00 bits per heavy atom. The van der Waals surface area contributed by atoms with Gasteiger partial charge in [0.2, 0.25) is 0 Å². The molecule has 1 fully saturated rings. The van der Waals surface area contributed by atoms with Gasteiger partial charge in [-0.05, 0) is 35.8 Å². The van der Waals surface area contributed by atoms with Gasteiger partial charge in [0.05, 0.1) is 5.56 Å². The predicted octanol–water partition coefficient (Wildman–Crippen LogP) is 1.90. The van der Waals surface area contributed by atoms with Crippen molar-refractivity contribution in [1.82, 2.24) is 10.3 Å². The van der Waals surface area contributed by atoms with Gasteiger partial charge in [-0.25, -0.2) is 4.98 Å². The number of nitriles is 1. The molecule has 0 radical (unpaired) electrons. The van der Waals surface area contributed by atoms with Crippen molar-refractivity contribution in [3.05, 3.63) is 22.3 Å². The summed E-state index contributed by atoms with van der Waals surface area (Å²) in [6.07, 6.45) is 1.74. The van der Waals surface area contributed by atoms with E-state index in [0.29, 0.717) is 5.56 Å². The van der Waals surface area contributed by atoms with Gasteiger partial charge in [0.15, 0.2) is 0 Å². The van der Waals surface area contributed by atoms with Crippen molar-refractivity contribution < 1.29 is 0 Å². The lowest BCUT2D eigenvalue weighted by atomic mass is 10.0. The molecule has 2 heterocycles. The average molecular weight is 295 g/mol. The van der Waals surface area contributed by atoms with Gasteiger partial charge in [-0.2, -0.15) is 5.26 Å². The third-order valence-electron chi connectivity index (χ3n) is 2.82. The van der Waals surface area contributed by atoms with Crippen LogP contribution >= 0.6 is 15.9 Å². The summed E-state index contributed by atoms with van der Waals surface area (Å²) >= 11 is 3.34.